The molecule has 2 aromatic carbocycles. The number of urea groups is 1. The van der Waals surface area contributed by atoms with Crippen molar-refractivity contribution in [1.29, 1.82) is 0 Å². The largest absolute Gasteiger partial charge is 0.395 e. The van der Waals surface area contributed by atoms with Crippen LogP contribution in [0, 0.1) is 24.4 Å². The highest BCUT2D eigenvalue weighted by Crippen LogP contribution is 2.39. The van der Waals surface area contributed by atoms with Crippen LogP contribution < -0.4 is 15.1 Å². The Bertz CT molecular complexity index is 1240. The Morgan fingerprint density at radius 1 is 1.15 bits per heavy atom. The molecule has 1 aromatic heterocycles. The van der Waals surface area contributed by atoms with Gasteiger partial charge in [-0.2, -0.15) is 4.98 Å². The molecule has 2 amide bonds. The Hall–Kier alpha value is -3.74. The van der Waals surface area contributed by atoms with Crippen LogP contribution in [-0.4, -0.2) is 50.9 Å². The fraction of sp³-hybridized carbons (Fsp3) is 0.227. The smallest absolute Gasteiger partial charge is 0.328 e. The topological polar surface area (TPSA) is 122 Å². The molecule has 0 unspecified atom stereocenters. The molecule has 2 heterocycles. The van der Waals surface area contributed by atoms with Gasteiger partial charge in [0, 0.05) is 17.7 Å². The van der Waals surface area contributed by atoms with Gasteiger partial charge in [-0.05, 0) is 42.8 Å². The minimum Gasteiger partial charge on any atom is -0.395 e. The Labute approximate surface area is 191 Å². The zero-order valence-corrected chi connectivity index (χ0v) is 17.8. The Balaban J connectivity index is 2.04. The van der Waals surface area contributed by atoms with Crippen molar-refractivity contribution in [3.05, 3.63) is 65.0 Å². The van der Waals surface area contributed by atoms with Crippen molar-refractivity contribution < 1.29 is 33.3 Å². The average Bonchev–Trinajstić information content (AvgIpc) is 2.78. The number of nitrogens with zero attached hydrogens (tertiary/aromatic N) is 4. The molecule has 0 saturated heterocycles. The standard InChI is InChI=1S/C22H20F3N5O4/c1-11-9-12(23)5-6-13(11)17-14-10-26-21(32)30(18-15(24)3-2-4-16(18)25)19(14)28-20(27-17)29(7-8-31)22(33)34/h2-6,9,22,31,33-34H,7-8,10H2,1H3,(H,26,32). The van der Waals surface area contributed by atoms with Crippen LogP contribution in [0.2, 0.25) is 0 Å². The molecule has 4 N–H and O–H groups in total. The van der Waals surface area contributed by atoms with E-state index >= 15 is 0 Å². The minimum atomic E-state index is -2.14. The van der Waals surface area contributed by atoms with Crippen LogP contribution in [0.15, 0.2) is 36.4 Å². The molecule has 178 valence electrons. The molecule has 1 aliphatic rings. The van der Waals surface area contributed by atoms with Crippen LogP contribution in [0.4, 0.5) is 35.4 Å². The van der Waals surface area contributed by atoms with Gasteiger partial charge in [0.1, 0.15) is 23.1 Å². The zero-order valence-electron chi connectivity index (χ0n) is 17.8. The van der Waals surface area contributed by atoms with Crippen LogP contribution in [0.3, 0.4) is 0 Å². The van der Waals surface area contributed by atoms with Crippen LogP contribution in [0.25, 0.3) is 11.3 Å². The number of aryl methyl sites for hydroxylation is 1. The first kappa shape index (κ1) is 23.4. The number of aromatic nitrogens is 2. The molecule has 9 nitrogen and oxygen atoms in total. The summed E-state index contributed by atoms with van der Waals surface area (Å²) < 4.78 is 43.1. The fourth-order valence-electron chi connectivity index (χ4n) is 3.73. The number of amides is 2. The molecule has 4 rings (SSSR count). The van der Waals surface area contributed by atoms with Gasteiger partial charge in [0.05, 0.1) is 18.8 Å². The third-order valence-electron chi connectivity index (χ3n) is 5.29. The number of hydrogen-bond donors (Lipinski definition) is 4. The molecule has 34 heavy (non-hydrogen) atoms. The van der Waals surface area contributed by atoms with Gasteiger partial charge < -0.3 is 20.6 Å². The maximum absolute atomic E-state index is 14.7. The van der Waals surface area contributed by atoms with Gasteiger partial charge in [0.25, 0.3) is 0 Å². The summed E-state index contributed by atoms with van der Waals surface area (Å²) in [5.41, 5.74) is 0.624. The van der Waals surface area contributed by atoms with E-state index in [4.69, 9.17) is 0 Å². The fourth-order valence-corrected chi connectivity index (χ4v) is 3.73. The lowest BCUT2D eigenvalue weighted by molar-refractivity contribution is -0.0435. The van der Waals surface area contributed by atoms with Crippen molar-refractivity contribution in [3.8, 4) is 11.3 Å². The van der Waals surface area contributed by atoms with Crippen molar-refractivity contribution in [2.45, 2.75) is 19.9 Å². The molecule has 12 heteroatoms. The first-order valence-electron chi connectivity index (χ1n) is 10.2. The highest BCUT2D eigenvalue weighted by atomic mass is 19.1. The highest BCUT2D eigenvalue weighted by molar-refractivity contribution is 6.02. The number of hydrogen-bond acceptors (Lipinski definition) is 7. The van der Waals surface area contributed by atoms with E-state index in [0.29, 0.717) is 16.0 Å². The number of aliphatic hydroxyl groups excluding tert-OH is 2. The van der Waals surface area contributed by atoms with E-state index < -0.39 is 42.2 Å². The molecular formula is C22H20F3N5O4. The lowest BCUT2D eigenvalue weighted by Crippen LogP contribution is -2.44. The number of halogens is 3. The Morgan fingerprint density at radius 3 is 2.47 bits per heavy atom. The number of fused-ring (bicyclic) bond motifs is 1. The monoisotopic (exact) mass is 475 g/mol. The summed E-state index contributed by atoms with van der Waals surface area (Å²) >= 11 is 0. The van der Waals surface area contributed by atoms with Crippen molar-refractivity contribution in [3.63, 3.8) is 0 Å². The highest BCUT2D eigenvalue weighted by Gasteiger charge is 2.35. The lowest BCUT2D eigenvalue weighted by atomic mass is 10.00. The Morgan fingerprint density at radius 2 is 1.85 bits per heavy atom. The van der Waals surface area contributed by atoms with E-state index in [2.05, 4.69) is 15.3 Å². The molecular weight excluding hydrogens is 455 g/mol. The van der Waals surface area contributed by atoms with Crippen LogP contribution >= 0.6 is 0 Å². The average molecular weight is 475 g/mol. The molecule has 0 fully saturated rings. The van der Waals surface area contributed by atoms with Gasteiger partial charge >= 0.3 is 6.03 Å². The first-order chi connectivity index (χ1) is 16.2. The van der Waals surface area contributed by atoms with Gasteiger partial charge in [0.15, 0.2) is 5.82 Å². The molecule has 0 aliphatic carbocycles. The summed E-state index contributed by atoms with van der Waals surface area (Å²) in [6.07, 6.45) is -2.14. The van der Waals surface area contributed by atoms with Crippen molar-refractivity contribution >= 4 is 23.5 Å². The second-order valence-electron chi connectivity index (χ2n) is 7.46. The predicted molar refractivity (Wildman–Crippen MR) is 116 cm³/mol. The summed E-state index contributed by atoms with van der Waals surface area (Å²) in [6, 6.07) is 6.10. The summed E-state index contributed by atoms with van der Waals surface area (Å²) in [5.74, 6) is -3.10. The van der Waals surface area contributed by atoms with Gasteiger partial charge in [-0.1, -0.05) is 6.07 Å². The number of benzene rings is 2. The van der Waals surface area contributed by atoms with Crippen molar-refractivity contribution in [2.24, 2.45) is 0 Å². The minimum absolute atomic E-state index is 0.116. The van der Waals surface area contributed by atoms with E-state index in [-0.39, 0.29) is 36.1 Å². The number of anilines is 3. The third-order valence-corrected chi connectivity index (χ3v) is 5.29. The second kappa shape index (κ2) is 9.25. The van der Waals surface area contributed by atoms with E-state index in [1.54, 1.807) is 6.92 Å². The molecule has 3 aromatic rings. The van der Waals surface area contributed by atoms with Crippen LogP contribution in [-0.2, 0) is 6.54 Å². The molecule has 0 spiro atoms. The summed E-state index contributed by atoms with van der Waals surface area (Å²) in [4.78, 5) is 22.9. The zero-order chi connectivity index (χ0) is 24.6. The number of nitrogens with one attached hydrogen (secondary N) is 1. The lowest BCUT2D eigenvalue weighted by Gasteiger charge is -2.32. The predicted octanol–water partition coefficient (Wildman–Crippen LogP) is 2.30. The van der Waals surface area contributed by atoms with Gasteiger partial charge in [-0.25, -0.2) is 27.8 Å². The quantitative estimate of drug-likeness (QED) is 0.404. The van der Waals surface area contributed by atoms with Crippen LogP contribution in [0.1, 0.15) is 11.1 Å². The summed E-state index contributed by atoms with van der Waals surface area (Å²) in [7, 11) is 0. The maximum Gasteiger partial charge on any atom is 0.328 e. The maximum atomic E-state index is 14.7. The third kappa shape index (κ3) is 4.14. The number of carbonyl (C=O) groups excluding carboxylic acids is 1. The van der Waals surface area contributed by atoms with Crippen LogP contribution in [0.5, 0.6) is 0 Å². The number of aliphatic hydroxyl groups is 3. The SMILES string of the molecule is Cc1cc(F)ccc1-c1nc(N(CCO)C(O)O)nc2c1CNC(=O)N2c1c(F)cccc1F. The molecule has 1 aliphatic heterocycles. The van der Waals surface area contributed by atoms with E-state index in [1.807, 2.05) is 0 Å². The Kier molecular flexibility index (Phi) is 6.37. The molecule has 0 saturated carbocycles. The number of rotatable bonds is 6. The second-order valence-corrected chi connectivity index (χ2v) is 7.46. The summed E-state index contributed by atoms with van der Waals surface area (Å²) in [5, 5.41) is 31.5. The number of para-hydroxylation sites is 1. The van der Waals surface area contributed by atoms with Crippen molar-refractivity contribution in [2.75, 3.05) is 23.0 Å². The molecule has 0 bridgehead atoms. The molecule has 0 radical (unpaired) electrons. The van der Waals surface area contributed by atoms with Crippen molar-refractivity contribution in [1.82, 2.24) is 15.3 Å². The number of carbonyl (C=O) groups is 1. The summed E-state index contributed by atoms with van der Waals surface area (Å²) in [6.45, 7) is 0.692. The molecule has 0 atom stereocenters. The van der Waals surface area contributed by atoms with E-state index in [9.17, 15) is 33.3 Å². The van der Waals surface area contributed by atoms with E-state index in [1.165, 1.54) is 18.2 Å². The first-order valence-corrected chi connectivity index (χ1v) is 10.2. The normalized spacial score (nSPS) is 13.2. The van der Waals surface area contributed by atoms with E-state index in [0.717, 1.165) is 23.1 Å². The van der Waals surface area contributed by atoms with Gasteiger partial charge in [-0.3, -0.25) is 4.90 Å². The van der Waals surface area contributed by atoms with Gasteiger partial charge in [-0.15, -0.1) is 0 Å². The van der Waals surface area contributed by atoms with Gasteiger partial charge in [0.2, 0.25) is 12.4 Å².